The zero-order chi connectivity index (χ0) is 19.6. The minimum Gasteiger partial charge on any atom is -0.454 e. The standard InChI is InChI=1S/C20H27BrN4O2.HI/c1-3-14(10-15-6-5-7-16(21)11-15)12-24-20(23-4-2)25-13-17-8-9-18(27-17)19(22)26;/h5-9,11,14H,3-4,10,12-13H2,1-2H3,(H2,22,26)(H2,23,24,25);1H. The Balaban J connectivity index is 0.00000392. The molecular weight excluding hydrogens is 535 g/mol. The van der Waals surface area contributed by atoms with Gasteiger partial charge in [-0.1, -0.05) is 41.4 Å². The molecule has 1 amide bonds. The summed E-state index contributed by atoms with van der Waals surface area (Å²) in [6.45, 7) is 6.14. The normalized spacial score (nSPS) is 12.2. The van der Waals surface area contributed by atoms with Crippen molar-refractivity contribution in [2.75, 3.05) is 13.1 Å². The molecule has 1 unspecified atom stereocenters. The number of nitrogens with one attached hydrogen (secondary N) is 2. The van der Waals surface area contributed by atoms with Crippen molar-refractivity contribution >= 4 is 51.8 Å². The number of hydrogen-bond donors (Lipinski definition) is 3. The van der Waals surface area contributed by atoms with Crippen molar-refractivity contribution < 1.29 is 9.21 Å². The van der Waals surface area contributed by atoms with Gasteiger partial charge in [-0.2, -0.15) is 0 Å². The third-order valence-electron chi connectivity index (χ3n) is 4.19. The fourth-order valence-corrected chi connectivity index (χ4v) is 3.14. The molecule has 0 bridgehead atoms. The van der Waals surface area contributed by atoms with Crippen molar-refractivity contribution in [3.8, 4) is 0 Å². The number of carbonyl (C=O) groups is 1. The lowest BCUT2D eigenvalue weighted by atomic mass is 9.97. The van der Waals surface area contributed by atoms with Crippen molar-refractivity contribution in [1.82, 2.24) is 10.6 Å². The van der Waals surface area contributed by atoms with E-state index >= 15 is 0 Å². The number of benzene rings is 1. The van der Waals surface area contributed by atoms with Gasteiger partial charge in [0.2, 0.25) is 0 Å². The van der Waals surface area contributed by atoms with E-state index in [0.29, 0.717) is 18.2 Å². The van der Waals surface area contributed by atoms with Gasteiger partial charge >= 0.3 is 0 Å². The molecule has 0 spiro atoms. The van der Waals surface area contributed by atoms with E-state index in [0.717, 1.165) is 36.4 Å². The number of carbonyl (C=O) groups excluding carboxylic acids is 1. The van der Waals surface area contributed by atoms with E-state index in [1.807, 2.05) is 13.0 Å². The smallest absolute Gasteiger partial charge is 0.284 e. The molecule has 4 N–H and O–H groups in total. The third kappa shape index (κ3) is 8.22. The van der Waals surface area contributed by atoms with Crippen LogP contribution in [0, 0.1) is 5.92 Å². The molecule has 2 aromatic rings. The summed E-state index contributed by atoms with van der Waals surface area (Å²) < 4.78 is 6.47. The largest absolute Gasteiger partial charge is 0.454 e. The van der Waals surface area contributed by atoms with Crippen molar-refractivity contribution in [3.63, 3.8) is 0 Å². The summed E-state index contributed by atoms with van der Waals surface area (Å²) in [4.78, 5) is 15.6. The minimum atomic E-state index is -0.575. The maximum Gasteiger partial charge on any atom is 0.284 e. The van der Waals surface area contributed by atoms with Crippen LogP contribution in [0.3, 0.4) is 0 Å². The van der Waals surface area contributed by atoms with Gasteiger partial charge in [-0.05, 0) is 49.1 Å². The van der Waals surface area contributed by atoms with Crippen molar-refractivity contribution in [1.29, 1.82) is 0 Å². The lowest BCUT2D eigenvalue weighted by Crippen LogP contribution is -2.40. The Morgan fingerprint density at radius 2 is 2.04 bits per heavy atom. The number of amides is 1. The molecule has 0 aliphatic heterocycles. The second-order valence-electron chi connectivity index (χ2n) is 6.31. The molecule has 154 valence electrons. The number of halogens is 2. The predicted molar refractivity (Wildman–Crippen MR) is 127 cm³/mol. The molecule has 0 saturated heterocycles. The molecule has 1 aromatic carbocycles. The summed E-state index contributed by atoms with van der Waals surface area (Å²) in [5, 5.41) is 6.63. The first-order valence-electron chi connectivity index (χ1n) is 9.17. The number of furan rings is 1. The predicted octanol–water partition coefficient (Wildman–Crippen LogP) is 4.08. The Bertz CT molecular complexity index is 779. The molecule has 6 nitrogen and oxygen atoms in total. The molecule has 1 atom stereocenters. The molecule has 0 aliphatic carbocycles. The quantitative estimate of drug-likeness (QED) is 0.244. The highest BCUT2D eigenvalue weighted by atomic mass is 127. The molecule has 0 saturated carbocycles. The monoisotopic (exact) mass is 562 g/mol. The Hall–Kier alpha value is -1.55. The number of guanidine groups is 1. The molecule has 1 aromatic heterocycles. The van der Waals surface area contributed by atoms with Crippen LogP contribution in [-0.2, 0) is 13.0 Å². The number of hydrogen-bond acceptors (Lipinski definition) is 3. The van der Waals surface area contributed by atoms with E-state index in [9.17, 15) is 4.79 Å². The molecule has 0 fully saturated rings. The van der Waals surface area contributed by atoms with Gasteiger partial charge in [-0.25, -0.2) is 4.99 Å². The fourth-order valence-electron chi connectivity index (χ4n) is 2.69. The molecule has 28 heavy (non-hydrogen) atoms. The molecule has 0 aliphatic rings. The van der Waals surface area contributed by atoms with E-state index in [1.54, 1.807) is 12.1 Å². The van der Waals surface area contributed by atoms with E-state index < -0.39 is 5.91 Å². The maximum atomic E-state index is 11.1. The van der Waals surface area contributed by atoms with E-state index in [1.165, 1.54) is 5.56 Å². The summed E-state index contributed by atoms with van der Waals surface area (Å²) in [7, 11) is 0. The van der Waals surface area contributed by atoms with Crippen LogP contribution in [0.2, 0.25) is 0 Å². The van der Waals surface area contributed by atoms with E-state index in [-0.39, 0.29) is 29.7 Å². The summed E-state index contributed by atoms with van der Waals surface area (Å²) >= 11 is 3.53. The second kappa shape index (κ2) is 12.8. The van der Waals surface area contributed by atoms with Crippen LogP contribution in [0.15, 0.2) is 50.3 Å². The SMILES string of the molecule is CCNC(=NCc1ccc(C(N)=O)o1)NCC(CC)Cc1cccc(Br)c1.I. The highest BCUT2D eigenvalue weighted by Crippen LogP contribution is 2.16. The number of aliphatic imine (C=N–C) groups is 1. The average Bonchev–Trinajstić information content (AvgIpc) is 3.12. The van der Waals surface area contributed by atoms with Crippen LogP contribution in [-0.4, -0.2) is 25.0 Å². The zero-order valence-electron chi connectivity index (χ0n) is 16.2. The van der Waals surface area contributed by atoms with Gasteiger partial charge in [0, 0.05) is 17.6 Å². The lowest BCUT2D eigenvalue weighted by Gasteiger charge is -2.18. The topological polar surface area (TPSA) is 92.6 Å². The number of nitrogens with two attached hydrogens (primary N) is 1. The Morgan fingerprint density at radius 3 is 2.64 bits per heavy atom. The number of rotatable bonds is 9. The zero-order valence-corrected chi connectivity index (χ0v) is 20.1. The molecule has 1 heterocycles. The van der Waals surface area contributed by atoms with Gasteiger partial charge < -0.3 is 20.8 Å². The second-order valence-corrected chi connectivity index (χ2v) is 7.23. The minimum absolute atomic E-state index is 0. The van der Waals surface area contributed by atoms with Crippen LogP contribution in [0.4, 0.5) is 0 Å². The van der Waals surface area contributed by atoms with Gasteiger partial charge in [0.15, 0.2) is 11.7 Å². The number of nitrogens with zero attached hydrogens (tertiary/aromatic N) is 1. The maximum absolute atomic E-state index is 11.1. The summed E-state index contributed by atoms with van der Waals surface area (Å²) in [5.41, 5.74) is 6.52. The Morgan fingerprint density at radius 1 is 1.25 bits per heavy atom. The van der Waals surface area contributed by atoms with Gasteiger partial charge in [0.05, 0.1) is 0 Å². The summed E-state index contributed by atoms with van der Waals surface area (Å²) in [6.07, 6.45) is 2.07. The summed E-state index contributed by atoms with van der Waals surface area (Å²) in [6, 6.07) is 11.7. The molecule has 2 rings (SSSR count). The lowest BCUT2D eigenvalue weighted by molar-refractivity contribution is 0.0972. The first kappa shape index (κ1) is 24.5. The van der Waals surface area contributed by atoms with Gasteiger partial charge in [-0.3, -0.25) is 4.79 Å². The van der Waals surface area contributed by atoms with Crippen LogP contribution in [0.5, 0.6) is 0 Å². The van der Waals surface area contributed by atoms with Crippen LogP contribution in [0.25, 0.3) is 0 Å². The highest BCUT2D eigenvalue weighted by molar-refractivity contribution is 14.0. The number of primary amides is 1. The van der Waals surface area contributed by atoms with Gasteiger partial charge in [0.25, 0.3) is 5.91 Å². The van der Waals surface area contributed by atoms with Crippen LogP contribution in [0.1, 0.15) is 42.1 Å². The van der Waals surface area contributed by atoms with Crippen molar-refractivity contribution in [2.45, 2.75) is 33.2 Å². The Kier molecular flexibility index (Phi) is 11.2. The van der Waals surface area contributed by atoms with Crippen molar-refractivity contribution in [3.05, 3.63) is 58.0 Å². The first-order chi connectivity index (χ1) is 13.0. The van der Waals surface area contributed by atoms with E-state index in [2.05, 4.69) is 56.7 Å². The van der Waals surface area contributed by atoms with E-state index in [4.69, 9.17) is 10.2 Å². The van der Waals surface area contributed by atoms with Crippen molar-refractivity contribution in [2.24, 2.45) is 16.6 Å². The first-order valence-corrected chi connectivity index (χ1v) is 9.96. The highest BCUT2D eigenvalue weighted by Gasteiger charge is 2.10. The van der Waals surface area contributed by atoms with Gasteiger partial charge in [0.1, 0.15) is 12.3 Å². The Labute approximate surface area is 191 Å². The van der Waals surface area contributed by atoms with Crippen LogP contribution >= 0.6 is 39.9 Å². The molecule has 8 heteroatoms. The fraction of sp³-hybridized carbons (Fsp3) is 0.400. The average molecular weight is 563 g/mol. The third-order valence-corrected chi connectivity index (χ3v) is 4.68. The van der Waals surface area contributed by atoms with Gasteiger partial charge in [-0.15, -0.1) is 24.0 Å². The summed E-state index contributed by atoms with van der Waals surface area (Å²) in [5.74, 6) is 1.39. The van der Waals surface area contributed by atoms with Crippen LogP contribution < -0.4 is 16.4 Å². The molecular formula is C20H28BrIN4O2. The molecule has 0 radical (unpaired) electrons.